The molecule has 0 bridgehead atoms. The number of rotatable bonds is 6. The second kappa shape index (κ2) is 6.35. The van der Waals surface area contributed by atoms with Gasteiger partial charge in [0.15, 0.2) is 0 Å². The zero-order valence-corrected chi connectivity index (χ0v) is 8.67. The number of likely N-dealkylation sites (tertiary alicyclic amines) is 1. The van der Waals surface area contributed by atoms with E-state index in [0.29, 0.717) is 6.61 Å². The summed E-state index contributed by atoms with van der Waals surface area (Å²) in [5.41, 5.74) is 5.56. The summed E-state index contributed by atoms with van der Waals surface area (Å²) in [6.45, 7) is 7.29. The van der Waals surface area contributed by atoms with Gasteiger partial charge in [0.1, 0.15) is 0 Å². The van der Waals surface area contributed by atoms with Crippen molar-refractivity contribution in [1.29, 1.82) is 0 Å². The molecule has 1 aliphatic heterocycles. The summed E-state index contributed by atoms with van der Waals surface area (Å²) in [5, 5.41) is 0. The Labute approximate surface area is 81.2 Å². The molecular weight excluding hydrogens is 164 g/mol. The Kier molecular flexibility index (Phi) is 5.35. The van der Waals surface area contributed by atoms with Gasteiger partial charge in [0.05, 0.1) is 6.61 Å². The summed E-state index contributed by atoms with van der Waals surface area (Å²) in [6.07, 6.45) is 3.90. The lowest BCUT2D eigenvalue weighted by Gasteiger charge is -2.14. The molecule has 3 nitrogen and oxygen atoms in total. The van der Waals surface area contributed by atoms with Crippen LogP contribution in [0, 0.1) is 0 Å². The van der Waals surface area contributed by atoms with Crippen molar-refractivity contribution in [2.24, 2.45) is 5.73 Å². The summed E-state index contributed by atoms with van der Waals surface area (Å²) in [4.78, 5) is 2.51. The highest BCUT2D eigenvalue weighted by Crippen LogP contribution is 2.07. The minimum absolute atomic E-state index is 0.173. The first-order valence-electron chi connectivity index (χ1n) is 5.34. The van der Waals surface area contributed by atoms with Gasteiger partial charge in [-0.15, -0.1) is 0 Å². The highest BCUT2D eigenvalue weighted by molar-refractivity contribution is 4.65. The fourth-order valence-electron chi connectivity index (χ4n) is 1.67. The van der Waals surface area contributed by atoms with E-state index in [-0.39, 0.29) is 6.04 Å². The van der Waals surface area contributed by atoms with Crippen LogP contribution in [-0.4, -0.2) is 43.8 Å². The normalized spacial score (nSPS) is 20.8. The van der Waals surface area contributed by atoms with E-state index in [0.717, 1.165) is 13.0 Å². The van der Waals surface area contributed by atoms with Crippen LogP contribution in [0.3, 0.4) is 0 Å². The second-order valence-electron chi connectivity index (χ2n) is 3.95. The number of nitrogens with zero attached hydrogens (tertiary/aromatic N) is 1. The molecule has 0 aromatic rings. The Morgan fingerprint density at radius 2 is 2.08 bits per heavy atom. The molecule has 3 heteroatoms. The van der Waals surface area contributed by atoms with E-state index in [1.54, 1.807) is 0 Å². The first-order chi connectivity index (χ1) is 6.29. The molecule has 13 heavy (non-hydrogen) atoms. The van der Waals surface area contributed by atoms with Crippen LogP contribution in [0.25, 0.3) is 0 Å². The van der Waals surface area contributed by atoms with Gasteiger partial charge in [-0.25, -0.2) is 0 Å². The number of hydrogen-bond donors (Lipinski definition) is 1. The Hall–Kier alpha value is -0.120. The van der Waals surface area contributed by atoms with Crippen LogP contribution in [0.4, 0.5) is 0 Å². The molecule has 78 valence electrons. The van der Waals surface area contributed by atoms with Crippen molar-refractivity contribution in [3.63, 3.8) is 0 Å². The van der Waals surface area contributed by atoms with E-state index in [4.69, 9.17) is 10.5 Å². The van der Waals surface area contributed by atoms with E-state index < -0.39 is 0 Å². The minimum Gasteiger partial charge on any atom is -0.380 e. The van der Waals surface area contributed by atoms with E-state index >= 15 is 0 Å². The zero-order valence-electron chi connectivity index (χ0n) is 8.67. The van der Waals surface area contributed by atoms with Crippen molar-refractivity contribution in [2.75, 3.05) is 32.8 Å². The highest BCUT2D eigenvalue weighted by Gasteiger charge is 2.09. The van der Waals surface area contributed by atoms with Crippen molar-refractivity contribution in [2.45, 2.75) is 32.2 Å². The molecule has 1 fully saturated rings. The average Bonchev–Trinajstić information content (AvgIpc) is 2.55. The summed E-state index contributed by atoms with van der Waals surface area (Å²) < 4.78 is 5.40. The van der Waals surface area contributed by atoms with E-state index in [9.17, 15) is 0 Å². The lowest BCUT2D eigenvalue weighted by atomic mass is 10.4. The lowest BCUT2D eigenvalue weighted by molar-refractivity contribution is 0.115. The maximum absolute atomic E-state index is 5.56. The van der Waals surface area contributed by atoms with Crippen LogP contribution in [0.5, 0.6) is 0 Å². The molecule has 0 radical (unpaired) electrons. The largest absolute Gasteiger partial charge is 0.380 e. The maximum Gasteiger partial charge on any atom is 0.0614 e. The third kappa shape index (κ3) is 5.24. The van der Waals surface area contributed by atoms with Crippen molar-refractivity contribution >= 4 is 0 Å². The lowest BCUT2D eigenvalue weighted by Crippen LogP contribution is -2.24. The molecule has 0 aliphatic carbocycles. The van der Waals surface area contributed by atoms with Gasteiger partial charge in [-0.1, -0.05) is 0 Å². The highest BCUT2D eigenvalue weighted by atomic mass is 16.5. The molecule has 0 aromatic carbocycles. The summed E-state index contributed by atoms with van der Waals surface area (Å²) in [6, 6.07) is 0.173. The maximum atomic E-state index is 5.56. The molecular formula is C10H22N2O. The quantitative estimate of drug-likeness (QED) is 0.625. The van der Waals surface area contributed by atoms with Crippen LogP contribution in [-0.2, 0) is 4.74 Å². The summed E-state index contributed by atoms with van der Waals surface area (Å²) in [5.74, 6) is 0. The van der Waals surface area contributed by atoms with Crippen LogP contribution in [0.2, 0.25) is 0 Å². The van der Waals surface area contributed by atoms with Crippen molar-refractivity contribution in [3.8, 4) is 0 Å². The van der Waals surface area contributed by atoms with Crippen LogP contribution < -0.4 is 5.73 Å². The predicted molar refractivity (Wildman–Crippen MR) is 54.8 cm³/mol. The van der Waals surface area contributed by atoms with Gasteiger partial charge in [0, 0.05) is 19.2 Å². The first-order valence-corrected chi connectivity index (χ1v) is 5.34. The SMILES string of the molecule is CC(N)COCCCN1CCCC1. The molecule has 1 saturated heterocycles. The second-order valence-corrected chi connectivity index (χ2v) is 3.95. The van der Waals surface area contributed by atoms with Gasteiger partial charge < -0.3 is 15.4 Å². The fourth-order valence-corrected chi connectivity index (χ4v) is 1.67. The standard InChI is InChI=1S/C10H22N2O/c1-10(11)9-13-8-4-7-12-5-2-3-6-12/h10H,2-9,11H2,1H3. The van der Waals surface area contributed by atoms with Crippen LogP contribution in [0.15, 0.2) is 0 Å². The van der Waals surface area contributed by atoms with Gasteiger partial charge in [0.2, 0.25) is 0 Å². The summed E-state index contributed by atoms with van der Waals surface area (Å²) >= 11 is 0. The zero-order chi connectivity index (χ0) is 9.52. The number of hydrogen-bond acceptors (Lipinski definition) is 3. The fraction of sp³-hybridized carbons (Fsp3) is 1.00. The van der Waals surface area contributed by atoms with Crippen LogP contribution in [0.1, 0.15) is 26.2 Å². The topological polar surface area (TPSA) is 38.5 Å². The molecule has 2 N–H and O–H groups in total. The molecule has 1 unspecified atom stereocenters. The van der Waals surface area contributed by atoms with Gasteiger partial charge >= 0.3 is 0 Å². The Balaban J connectivity index is 1.83. The third-order valence-electron chi connectivity index (χ3n) is 2.34. The number of nitrogens with two attached hydrogens (primary N) is 1. The smallest absolute Gasteiger partial charge is 0.0614 e. The van der Waals surface area contributed by atoms with Crippen molar-refractivity contribution in [1.82, 2.24) is 4.90 Å². The molecule has 0 saturated carbocycles. The van der Waals surface area contributed by atoms with Crippen LogP contribution >= 0.6 is 0 Å². The average molecular weight is 186 g/mol. The van der Waals surface area contributed by atoms with Gasteiger partial charge in [0.25, 0.3) is 0 Å². The molecule has 1 rings (SSSR count). The van der Waals surface area contributed by atoms with Gasteiger partial charge in [-0.3, -0.25) is 0 Å². The van der Waals surface area contributed by atoms with E-state index in [1.807, 2.05) is 6.92 Å². The van der Waals surface area contributed by atoms with Gasteiger partial charge in [-0.2, -0.15) is 0 Å². The molecule has 1 heterocycles. The minimum atomic E-state index is 0.173. The Morgan fingerprint density at radius 3 is 2.69 bits per heavy atom. The Bertz CT molecular complexity index is 122. The predicted octanol–water partition coefficient (Wildman–Crippen LogP) is 0.836. The number of ether oxygens (including phenoxy) is 1. The van der Waals surface area contributed by atoms with Crippen molar-refractivity contribution in [3.05, 3.63) is 0 Å². The van der Waals surface area contributed by atoms with Gasteiger partial charge in [-0.05, 0) is 39.3 Å². The van der Waals surface area contributed by atoms with Crippen molar-refractivity contribution < 1.29 is 4.74 Å². The molecule has 0 spiro atoms. The molecule has 1 atom stereocenters. The Morgan fingerprint density at radius 1 is 1.38 bits per heavy atom. The summed E-state index contributed by atoms with van der Waals surface area (Å²) in [7, 11) is 0. The molecule has 1 aliphatic rings. The third-order valence-corrected chi connectivity index (χ3v) is 2.34. The van der Waals surface area contributed by atoms with E-state index in [2.05, 4.69) is 4.90 Å². The molecule has 0 amide bonds. The molecule has 0 aromatic heterocycles. The van der Waals surface area contributed by atoms with E-state index in [1.165, 1.54) is 32.5 Å². The monoisotopic (exact) mass is 186 g/mol. The first kappa shape index (κ1) is 11.0.